The fourth-order valence-electron chi connectivity index (χ4n) is 1.45. The monoisotopic (exact) mass is 292 g/mol. The van der Waals surface area contributed by atoms with Gasteiger partial charge in [0.1, 0.15) is 0 Å². The number of nitrogens with zero attached hydrogens (tertiary/aromatic N) is 1. The van der Waals surface area contributed by atoms with Crippen LogP contribution < -0.4 is 5.43 Å². The summed E-state index contributed by atoms with van der Waals surface area (Å²) in [5.41, 5.74) is 3.68. The van der Waals surface area contributed by atoms with E-state index in [1.165, 1.54) is 6.21 Å². The Kier molecular flexibility index (Phi) is 4.55. The summed E-state index contributed by atoms with van der Waals surface area (Å²) in [7, 11) is 0. The molecule has 1 amide bonds. The molecule has 2 aromatic rings. The zero-order valence-electron chi connectivity index (χ0n) is 9.81. The molecule has 0 saturated carbocycles. The maximum absolute atomic E-state index is 11.7. The molecule has 0 aliphatic heterocycles. The zero-order valence-corrected chi connectivity index (χ0v) is 11.3. The summed E-state index contributed by atoms with van der Waals surface area (Å²) in [6.07, 6.45) is 1.52. The summed E-state index contributed by atoms with van der Waals surface area (Å²) in [6.45, 7) is 0. The third-order valence-corrected chi connectivity index (χ3v) is 2.79. The number of hydrogen-bond acceptors (Lipinski definition) is 2. The summed E-state index contributed by atoms with van der Waals surface area (Å²) in [6, 6.07) is 13.8. The second-order valence-electron chi connectivity index (χ2n) is 3.76. The van der Waals surface area contributed by atoms with Gasteiger partial charge in [0.15, 0.2) is 0 Å². The van der Waals surface area contributed by atoms with Gasteiger partial charge in [0.05, 0.1) is 6.21 Å². The van der Waals surface area contributed by atoms with E-state index in [0.717, 1.165) is 5.56 Å². The van der Waals surface area contributed by atoms with Crippen LogP contribution in [0.1, 0.15) is 15.9 Å². The van der Waals surface area contributed by atoms with E-state index in [1.807, 2.05) is 12.1 Å². The van der Waals surface area contributed by atoms with Gasteiger partial charge in [0.25, 0.3) is 5.91 Å². The molecule has 0 heterocycles. The lowest BCUT2D eigenvalue weighted by Crippen LogP contribution is -2.17. The highest BCUT2D eigenvalue weighted by Crippen LogP contribution is 2.10. The number of hydrazone groups is 1. The third-order valence-electron chi connectivity index (χ3n) is 2.32. The molecule has 5 heteroatoms. The van der Waals surface area contributed by atoms with E-state index in [4.69, 9.17) is 23.2 Å². The molecular formula is C14H10Cl2N2O. The smallest absolute Gasteiger partial charge is 0.267 e. The molecule has 0 fully saturated rings. The fourth-order valence-corrected chi connectivity index (χ4v) is 1.84. The Balaban J connectivity index is 2.01. The van der Waals surface area contributed by atoms with Gasteiger partial charge in [-0.25, -0.2) is 5.43 Å². The van der Waals surface area contributed by atoms with Crippen LogP contribution in [-0.2, 0) is 0 Å². The van der Waals surface area contributed by atoms with Crippen molar-refractivity contribution < 1.29 is 4.79 Å². The van der Waals surface area contributed by atoms with E-state index in [9.17, 15) is 4.79 Å². The van der Waals surface area contributed by atoms with Crippen LogP contribution in [0, 0.1) is 0 Å². The summed E-state index contributed by atoms with van der Waals surface area (Å²) in [5, 5.41) is 4.98. The van der Waals surface area contributed by atoms with Crippen molar-refractivity contribution in [2.24, 2.45) is 5.10 Å². The number of hydrogen-bond donors (Lipinski definition) is 1. The normalized spacial score (nSPS) is 10.6. The third kappa shape index (κ3) is 4.09. The SMILES string of the molecule is O=C(N/N=C\c1cccc(Cl)c1)c1cccc(Cl)c1. The molecule has 0 bridgehead atoms. The van der Waals surface area contributed by atoms with Gasteiger partial charge in [-0.05, 0) is 35.9 Å². The van der Waals surface area contributed by atoms with Gasteiger partial charge < -0.3 is 0 Å². The number of benzene rings is 2. The van der Waals surface area contributed by atoms with Crippen molar-refractivity contribution in [2.45, 2.75) is 0 Å². The maximum atomic E-state index is 11.7. The quantitative estimate of drug-likeness (QED) is 0.679. The van der Waals surface area contributed by atoms with Gasteiger partial charge in [-0.3, -0.25) is 4.79 Å². The molecule has 1 N–H and O–H groups in total. The molecule has 19 heavy (non-hydrogen) atoms. The highest BCUT2D eigenvalue weighted by Gasteiger charge is 2.03. The van der Waals surface area contributed by atoms with E-state index >= 15 is 0 Å². The molecular weight excluding hydrogens is 283 g/mol. The Morgan fingerprint density at radius 3 is 2.42 bits per heavy atom. The largest absolute Gasteiger partial charge is 0.271 e. The summed E-state index contributed by atoms with van der Waals surface area (Å²) in [4.78, 5) is 11.7. The minimum Gasteiger partial charge on any atom is -0.267 e. The average Bonchev–Trinajstić information content (AvgIpc) is 2.38. The average molecular weight is 293 g/mol. The van der Waals surface area contributed by atoms with E-state index in [2.05, 4.69) is 10.5 Å². The molecule has 0 saturated heterocycles. The zero-order chi connectivity index (χ0) is 13.7. The summed E-state index contributed by atoms with van der Waals surface area (Å²) < 4.78 is 0. The predicted octanol–water partition coefficient (Wildman–Crippen LogP) is 3.76. The van der Waals surface area contributed by atoms with Gasteiger partial charge in [0, 0.05) is 15.6 Å². The van der Waals surface area contributed by atoms with Crippen molar-refractivity contribution in [1.29, 1.82) is 0 Å². The number of halogens is 2. The summed E-state index contributed by atoms with van der Waals surface area (Å²) in [5.74, 6) is -0.319. The number of carbonyl (C=O) groups is 1. The minimum absolute atomic E-state index is 0.319. The van der Waals surface area contributed by atoms with Crippen molar-refractivity contribution in [2.75, 3.05) is 0 Å². The molecule has 0 aliphatic rings. The lowest BCUT2D eigenvalue weighted by molar-refractivity contribution is 0.0955. The van der Waals surface area contributed by atoms with Gasteiger partial charge in [0.2, 0.25) is 0 Å². The first kappa shape index (κ1) is 13.6. The molecule has 0 spiro atoms. The molecule has 2 rings (SSSR count). The van der Waals surface area contributed by atoms with Crippen LogP contribution in [0.2, 0.25) is 10.0 Å². The predicted molar refractivity (Wildman–Crippen MR) is 78.0 cm³/mol. The molecule has 0 aromatic heterocycles. The van der Waals surface area contributed by atoms with E-state index in [1.54, 1.807) is 36.4 Å². The second kappa shape index (κ2) is 6.36. The van der Waals surface area contributed by atoms with Crippen LogP contribution in [0.15, 0.2) is 53.6 Å². The Labute approximate surface area is 120 Å². The fraction of sp³-hybridized carbons (Fsp3) is 0. The minimum atomic E-state index is -0.319. The number of amides is 1. The van der Waals surface area contributed by atoms with Crippen LogP contribution in [-0.4, -0.2) is 12.1 Å². The van der Waals surface area contributed by atoms with E-state index < -0.39 is 0 Å². The second-order valence-corrected chi connectivity index (χ2v) is 4.64. The lowest BCUT2D eigenvalue weighted by Gasteiger charge is -2.00. The van der Waals surface area contributed by atoms with Gasteiger partial charge in [-0.15, -0.1) is 0 Å². The maximum Gasteiger partial charge on any atom is 0.271 e. The molecule has 0 atom stereocenters. The highest BCUT2D eigenvalue weighted by molar-refractivity contribution is 6.31. The first-order valence-electron chi connectivity index (χ1n) is 5.50. The van der Waals surface area contributed by atoms with Crippen molar-refractivity contribution >= 4 is 35.3 Å². The van der Waals surface area contributed by atoms with Crippen molar-refractivity contribution in [3.63, 3.8) is 0 Å². The molecule has 2 aromatic carbocycles. The highest BCUT2D eigenvalue weighted by atomic mass is 35.5. The summed E-state index contributed by atoms with van der Waals surface area (Å²) >= 11 is 11.6. The van der Waals surface area contributed by atoms with Crippen LogP contribution in [0.4, 0.5) is 0 Å². The van der Waals surface area contributed by atoms with E-state index in [0.29, 0.717) is 15.6 Å². The van der Waals surface area contributed by atoms with Gasteiger partial charge >= 0.3 is 0 Å². The van der Waals surface area contributed by atoms with Crippen molar-refractivity contribution in [3.8, 4) is 0 Å². The van der Waals surface area contributed by atoms with Crippen LogP contribution in [0.3, 0.4) is 0 Å². The molecule has 0 aliphatic carbocycles. The van der Waals surface area contributed by atoms with Gasteiger partial charge in [-0.2, -0.15) is 5.10 Å². The van der Waals surface area contributed by atoms with E-state index in [-0.39, 0.29) is 5.91 Å². The van der Waals surface area contributed by atoms with Crippen LogP contribution in [0.25, 0.3) is 0 Å². The standard InChI is InChI=1S/C14H10Cl2N2O/c15-12-5-1-3-10(7-12)9-17-18-14(19)11-4-2-6-13(16)8-11/h1-9H,(H,18,19)/b17-9-. The van der Waals surface area contributed by atoms with Crippen molar-refractivity contribution in [3.05, 3.63) is 69.7 Å². The lowest BCUT2D eigenvalue weighted by atomic mass is 10.2. The van der Waals surface area contributed by atoms with Gasteiger partial charge in [-0.1, -0.05) is 41.4 Å². The Hall–Kier alpha value is -1.84. The van der Waals surface area contributed by atoms with Crippen molar-refractivity contribution in [1.82, 2.24) is 5.43 Å². The van der Waals surface area contributed by atoms with Crippen LogP contribution >= 0.6 is 23.2 Å². The Morgan fingerprint density at radius 1 is 1.05 bits per heavy atom. The Morgan fingerprint density at radius 2 is 1.74 bits per heavy atom. The number of nitrogens with one attached hydrogen (secondary N) is 1. The molecule has 96 valence electrons. The Bertz CT molecular complexity index is 626. The first-order valence-corrected chi connectivity index (χ1v) is 6.25. The topological polar surface area (TPSA) is 41.5 Å². The number of carbonyl (C=O) groups excluding carboxylic acids is 1. The van der Waals surface area contributed by atoms with Crippen LogP contribution in [0.5, 0.6) is 0 Å². The molecule has 0 radical (unpaired) electrons. The first-order chi connectivity index (χ1) is 9.15. The number of rotatable bonds is 3. The molecule has 0 unspecified atom stereocenters. The molecule has 3 nitrogen and oxygen atoms in total.